The molecule has 1 aromatic heterocycles. The average molecular weight is 462 g/mol. The molecule has 5 rings (SSSR count). The summed E-state index contributed by atoms with van der Waals surface area (Å²) in [6.07, 6.45) is 0. The van der Waals surface area contributed by atoms with Crippen LogP contribution in [0.1, 0.15) is 10.5 Å². The number of nitrogens with one attached hydrogen (secondary N) is 1. The van der Waals surface area contributed by atoms with Crippen molar-refractivity contribution in [3.8, 4) is 5.75 Å². The van der Waals surface area contributed by atoms with Crippen LogP contribution in [0, 0.1) is 0 Å². The highest BCUT2D eigenvalue weighted by molar-refractivity contribution is 5.98. The van der Waals surface area contributed by atoms with Gasteiger partial charge in [0.2, 0.25) is 5.91 Å². The van der Waals surface area contributed by atoms with Gasteiger partial charge < -0.3 is 24.4 Å². The molecule has 8 heteroatoms. The molecule has 2 amide bonds. The second-order valence-corrected chi connectivity index (χ2v) is 8.90. The first-order valence-corrected chi connectivity index (χ1v) is 11.9. The third kappa shape index (κ3) is 4.72. The molecule has 0 atom stereocenters. The van der Waals surface area contributed by atoms with E-state index < -0.39 is 0 Å². The van der Waals surface area contributed by atoms with Crippen LogP contribution < -0.4 is 9.64 Å². The van der Waals surface area contributed by atoms with Crippen LogP contribution in [0.15, 0.2) is 54.6 Å². The van der Waals surface area contributed by atoms with Crippen LogP contribution in [0.4, 0.5) is 5.69 Å². The van der Waals surface area contributed by atoms with E-state index in [0.717, 1.165) is 48.5 Å². The number of methoxy groups -OCH3 is 1. The van der Waals surface area contributed by atoms with Crippen molar-refractivity contribution in [3.05, 3.63) is 60.3 Å². The molecule has 2 aromatic carbocycles. The van der Waals surface area contributed by atoms with Gasteiger partial charge in [-0.3, -0.25) is 14.5 Å². The molecule has 2 saturated heterocycles. The number of fused-ring (bicyclic) bond motifs is 1. The number of piperazine rings is 2. The third-order valence-corrected chi connectivity index (χ3v) is 6.85. The summed E-state index contributed by atoms with van der Waals surface area (Å²) in [6.45, 7) is 6.20. The number of rotatable bonds is 5. The van der Waals surface area contributed by atoms with Gasteiger partial charge in [-0.2, -0.15) is 0 Å². The zero-order chi connectivity index (χ0) is 23.5. The number of carbonyl (C=O) groups excluding carboxylic acids is 2. The van der Waals surface area contributed by atoms with Crippen molar-refractivity contribution >= 4 is 28.4 Å². The van der Waals surface area contributed by atoms with Gasteiger partial charge in [-0.25, -0.2) is 0 Å². The molecular weight excluding hydrogens is 430 g/mol. The highest BCUT2D eigenvalue weighted by Crippen LogP contribution is 2.21. The van der Waals surface area contributed by atoms with Crippen molar-refractivity contribution in [1.29, 1.82) is 0 Å². The van der Waals surface area contributed by atoms with Crippen molar-refractivity contribution in [2.24, 2.45) is 0 Å². The second-order valence-electron chi connectivity index (χ2n) is 8.90. The fourth-order valence-electron chi connectivity index (χ4n) is 4.77. The highest BCUT2D eigenvalue weighted by Gasteiger charge is 2.27. The summed E-state index contributed by atoms with van der Waals surface area (Å²) >= 11 is 0. The van der Waals surface area contributed by atoms with Crippen LogP contribution in [-0.4, -0.2) is 97.5 Å². The quantitative estimate of drug-likeness (QED) is 0.631. The summed E-state index contributed by atoms with van der Waals surface area (Å²) in [5.74, 6) is 1.04. The van der Waals surface area contributed by atoms with Crippen LogP contribution in [0.3, 0.4) is 0 Å². The van der Waals surface area contributed by atoms with E-state index in [4.69, 9.17) is 4.74 Å². The minimum Gasteiger partial charge on any atom is -0.497 e. The molecule has 0 bridgehead atoms. The molecule has 2 fully saturated rings. The number of H-pyrrole nitrogens is 1. The van der Waals surface area contributed by atoms with Crippen molar-refractivity contribution in [2.75, 3.05) is 70.9 Å². The normalized spacial score (nSPS) is 17.3. The van der Waals surface area contributed by atoms with Crippen LogP contribution >= 0.6 is 0 Å². The number of para-hydroxylation sites is 1. The molecule has 1 N–H and O–H groups in total. The molecule has 8 nitrogen and oxygen atoms in total. The first-order valence-electron chi connectivity index (χ1n) is 11.9. The summed E-state index contributed by atoms with van der Waals surface area (Å²) in [4.78, 5) is 37.3. The molecule has 0 radical (unpaired) electrons. The summed E-state index contributed by atoms with van der Waals surface area (Å²) in [5, 5.41) is 1.04. The number of aromatic amines is 1. The van der Waals surface area contributed by atoms with Crippen LogP contribution in [0.25, 0.3) is 10.9 Å². The van der Waals surface area contributed by atoms with Gasteiger partial charge in [0.1, 0.15) is 11.4 Å². The Morgan fingerprint density at radius 1 is 0.853 bits per heavy atom. The first-order chi connectivity index (χ1) is 16.6. The Morgan fingerprint density at radius 2 is 1.53 bits per heavy atom. The number of hydrogen-bond donors (Lipinski definition) is 1. The molecule has 0 unspecified atom stereocenters. The van der Waals surface area contributed by atoms with E-state index in [1.165, 1.54) is 0 Å². The lowest BCUT2D eigenvalue weighted by Gasteiger charge is -2.38. The molecule has 3 aromatic rings. The molecule has 178 valence electrons. The standard InChI is InChI=1S/C26H31N5O3/c1-34-22-8-6-21(7-9-22)29-14-16-30(17-15-29)25(32)19-28-10-12-31(13-11-28)26(33)24-18-20-4-2-3-5-23(20)27-24/h2-9,18,27H,10-17,19H2,1H3. The number of amides is 2. The van der Waals surface area contributed by atoms with Gasteiger partial charge in [0.05, 0.1) is 13.7 Å². The SMILES string of the molecule is COc1ccc(N2CCN(C(=O)CN3CCN(C(=O)c4cc5ccccc5[nH]4)CC3)CC2)cc1. The Bertz CT molecular complexity index is 1110. The van der Waals surface area contributed by atoms with E-state index in [0.29, 0.717) is 38.4 Å². The predicted octanol–water partition coefficient (Wildman–Crippen LogP) is 2.28. The Balaban J connectivity index is 1.08. The molecule has 0 saturated carbocycles. The minimum absolute atomic E-state index is 0.0248. The van der Waals surface area contributed by atoms with Gasteiger partial charge >= 0.3 is 0 Å². The summed E-state index contributed by atoms with van der Waals surface area (Å²) in [5.41, 5.74) is 2.76. The number of anilines is 1. The van der Waals surface area contributed by atoms with E-state index in [1.54, 1.807) is 7.11 Å². The maximum atomic E-state index is 12.9. The van der Waals surface area contributed by atoms with E-state index in [-0.39, 0.29) is 11.8 Å². The molecular formula is C26H31N5O3. The van der Waals surface area contributed by atoms with E-state index >= 15 is 0 Å². The highest BCUT2D eigenvalue weighted by atomic mass is 16.5. The van der Waals surface area contributed by atoms with Crippen molar-refractivity contribution < 1.29 is 14.3 Å². The molecule has 2 aliphatic heterocycles. The third-order valence-electron chi connectivity index (χ3n) is 6.85. The molecule has 0 spiro atoms. The smallest absolute Gasteiger partial charge is 0.270 e. The zero-order valence-electron chi connectivity index (χ0n) is 19.6. The zero-order valence-corrected chi connectivity index (χ0v) is 19.6. The number of benzene rings is 2. The van der Waals surface area contributed by atoms with Crippen LogP contribution in [0.2, 0.25) is 0 Å². The van der Waals surface area contributed by atoms with E-state index in [1.807, 2.05) is 52.3 Å². The lowest BCUT2D eigenvalue weighted by molar-refractivity contribution is -0.133. The van der Waals surface area contributed by atoms with Gasteiger partial charge in [0.25, 0.3) is 5.91 Å². The van der Waals surface area contributed by atoms with Gasteiger partial charge in [-0.05, 0) is 36.4 Å². The first kappa shape index (κ1) is 22.3. The summed E-state index contributed by atoms with van der Waals surface area (Å²) < 4.78 is 5.23. The lowest BCUT2D eigenvalue weighted by Crippen LogP contribution is -2.54. The number of hydrogen-bond acceptors (Lipinski definition) is 5. The summed E-state index contributed by atoms with van der Waals surface area (Å²) in [7, 11) is 1.67. The lowest BCUT2D eigenvalue weighted by atomic mass is 10.2. The number of aromatic nitrogens is 1. The largest absolute Gasteiger partial charge is 0.497 e. The monoisotopic (exact) mass is 461 g/mol. The number of nitrogens with zero attached hydrogens (tertiary/aromatic N) is 4. The van der Waals surface area contributed by atoms with Gasteiger partial charge in [-0.15, -0.1) is 0 Å². The average Bonchev–Trinajstić information content (AvgIpc) is 3.33. The minimum atomic E-state index is 0.0248. The van der Waals surface area contributed by atoms with E-state index in [2.05, 4.69) is 26.9 Å². The molecule has 3 heterocycles. The fourth-order valence-corrected chi connectivity index (χ4v) is 4.77. The Labute approximate surface area is 199 Å². The molecule has 0 aliphatic carbocycles. The Kier molecular flexibility index (Phi) is 6.40. The van der Waals surface area contributed by atoms with Crippen molar-refractivity contribution in [1.82, 2.24) is 19.7 Å². The van der Waals surface area contributed by atoms with Crippen molar-refractivity contribution in [2.45, 2.75) is 0 Å². The fraction of sp³-hybridized carbons (Fsp3) is 0.385. The van der Waals surface area contributed by atoms with Crippen molar-refractivity contribution in [3.63, 3.8) is 0 Å². The Hall–Kier alpha value is -3.52. The second kappa shape index (κ2) is 9.77. The van der Waals surface area contributed by atoms with Gasteiger partial charge in [-0.1, -0.05) is 18.2 Å². The maximum absolute atomic E-state index is 12.9. The Morgan fingerprint density at radius 3 is 2.21 bits per heavy atom. The van der Waals surface area contributed by atoms with Gasteiger partial charge in [0.15, 0.2) is 0 Å². The summed E-state index contributed by atoms with van der Waals surface area (Å²) in [6, 6.07) is 17.9. The van der Waals surface area contributed by atoms with E-state index in [9.17, 15) is 9.59 Å². The topological polar surface area (TPSA) is 72.1 Å². The van der Waals surface area contributed by atoms with Crippen LogP contribution in [-0.2, 0) is 4.79 Å². The number of carbonyl (C=O) groups is 2. The van der Waals surface area contributed by atoms with Gasteiger partial charge in [0, 0.05) is 68.9 Å². The maximum Gasteiger partial charge on any atom is 0.270 e. The number of ether oxygens (including phenoxy) is 1. The molecule has 34 heavy (non-hydrogen) atoms. The molecule has 2 aliphatic rings. The predicted molar refractivity (Wildman–Crippen MR) is 132 cm³/mol. The van der Waals surface area contributed by atoms with Crippen LogP contribution in [0.5, 0.6) is 5.75 Å².